The lowest BCUT2D eigenvalue weighted by atomic mass is 9.95. The standard InChI is InChI=1S/C19H35N3O3/c1-15(2)5-4-6-16(3)20-19(24)22-9-7-17(8-10-22)18(23)21-11-13-25-14-12-21/h15-17H,4-14H2,1-3H3,(H,20,24). The molecule has 2 aliphatic rings. The number of nitrogens with zero attached hydrogens (tertiary/aromatic N) is 2. The molecule has 1 atom stereocenters. The Kier molecular flexibility index (Phi) is 8.00. The molecule has 25 heavy (non-hydrogen) atoms. The Bertz CT molecular complexity index is 428. The number of carbonyl (C=O) groups is 2. The molecule has 0 aliphatic carbocycles. The van der Waals surface area contributed by atoms with Gasteiger partial charge < -0.3 is 19.9 Å². The molecule has 0 aromatic rings. The summed E-state index contributed by atoms with van der Waals surface area (Å²) in [5.74, 6) is 1.02. The van der Waals surface area contributed by atoms with E-state index < -0.39 is 0 Å². The van der Waals surface area contributed by atoms with Crippen molar-refractivity contribution in [2.75, 3.05) is 39.4 Å². The first-order valence-electron chi connectivity index (χ1n) is 9.89. The number of hydrogen-bond acceptors (Lipinski definition) is 3. The fourth-order valence-corrected chi connectivity index (χ4v) is 3.58. The second-order valence-corrected chi connectivity index (χ2v) is 7.87. The Morgan fingerprint density at radius 3 is 2.24 bits per heavy atom. The summed E-state index contributed by atoms with van der Waals surface area (Å²) in [6, 6.07) is 0.230. The first kappa shape index (κ1) is 20.0. The first-order valence-corrected chi connectivity index (χ1v) is 9.89. The van der Waals surface area contributed by atoms with Crippen LogP contribution in [-0.4, -0.2) is 67.2 Å². The Balaban J connectivity index is 1.68. The highest BCUT2D eigenvalue weighted by Gasteiger charge is 2.31. The fraction of sp³-hybridized carbons (Fsp3) is 0.895. The van der Waals surface area contributed by atoms with Gasteiger partial charge in [-0.15, -0.1) is 0 Å². The number of ether oxygens (including phenoxy) is 1. The Morgan fingerprint density at radius 2 is 1.64 bits per heavy atom. The highest BCUT2D eigenvalue weighted by atomic mass is 16.5. The van der Waals surface area contributed by atoms with Gasteiger partial charge in [0, 0.05) is 38.1 Å². The minimum atomic E-state index is 0.0225. The summed E-state index contributed by atoms with van der Waals surface area (Å²) < 4.78 is 5.31. The number of morpholine rings is 1. The van der Waals surface area contributed by atoms with Crippen LogP contribution < -0.4 is 5.32 Å². The van der Waals surface area contributed by atoms with Crippen molar-refractivity contribution in [3.63, 3.8) is 0 Å². The van der Waals surface area contributed by atoms with Crippen molar-refractivity contribution in [1.29, 1.82) is 0 Å². The number of hydrogen-bond donors (Lipinski definition) is 1. The van der Waals surface area contributed by atoms with Crippen LogP contribution in [0.25, 0.3) is 0 Å². The lowest BCUT2D eigenvalue weighted by Gasteiger charge is -2.35. The Labute approximate surface area is 152 Å². The third-order valence-electron chi connectivity index (χ3n) is 5.24. The number of piperidine rings is 1. The molecule has 2 aliphatic heterocycles. The molecule has 2 fully saturated rings. The monoisotopic (exact) mass is 353 g/mol. The van der Waals surface area contributed by atoms with Crippen LogP contribution in [0.1, 0.15) is 52.9 Å². The van der Waals surface area contributed by atoms with Gasteiger partial charge in [-0.25, -0.2) is 4.79 Å². The molecule has 0 aromatic carbocycles. The molecule has 1 N–H and O–H groups in total. The average molecular weight is 354 g/mol. The van der Waals surface area contributed by atoms with Gasteiger partial charge in [0.15, 0.2) is 0 Å². The summed E-state index contributed by atoms with van der Waals surface area (Å²) in [6.45, 7) is 10.6. The molecule has 144 valence electrons. The number of nitrogens with one attached hydrogen (secondary N) is 1. The number of likely N-dealkylation sites (tertiary alicyclic amines) is 1. The molecule has 0 aromatic heterocycles. The zero-order chi connectivity index (χ0) is 18.2. The van der Waals surface area contributed by atoms with Gasteiger partial charge in [0.1, 0.15) is 0 Å². The van der Waals surface area contributed by atoms with Gasteiger partial charge in [0.25, 0.3) is 0 Å². The van der Waals surface area contributed by atoms with Gasteiger partial charge in [-0.3, -0.25) is 4.79 Å². The van der Waals surface area contributed by atoms with Gasteiger partial charge >= 0.3 is 6.03 Å². The van der Waals surface area contributed by atoms with Crippen LogP contribution in [0.5, 0.6) is 0 Å². The third kappa shape index (κ3) is 6.49. The van der Waals surface area contributed by atoms with E-state index in [1.165, 1.54) is 6.42 Å². The van der Waals surface area contributed by atoms with Crippen LogP contribution in [0.2, 0.25) is 0 Å². The van der Waals surface area contributed by atoms with Gasteiger partial charge in [-0.1, -0.05) is 26.7 Å². The van der Waals surface area contributed by atoms with Gasteiger partial charge in [-0.05, 0) is 32.1 Å². The van der Waals surface area contributed by atoms with E-state index in [1.54, 1.807) is 0 Å². The topological polar surface area (TPSA) is 61.9 Å². The van der Waals surface area contributed by atoms with Crippen LogP contribution in [0, 0.1) is 11.8 Å². The van der Waals surface area contributed by atoms with Gasteiger partial charge in [0.2, 0.25) is 5.91 Å². The third-order valence-corrected chi connectivity index (χ3v) is 5.24. The minimum absolute atomic E-state index is 0.0225. The lowest BCUT2D eigenvalue weighted by molar-refractivity contribution is -0.141. The molecule has 0 saturated carbocycles. The summed E-state index contributed by atoms with van der Waals surface area (Å²) in [4.78, 5) is 28.7. The van der Waals surface area contributed by atoms with E-state index in [0.717, 1.165) is 25.7 Å². The van der Waals surface area contributed by atoms with Gasteiger partial charge in [-0.2, -0.15) is 0 Å². The molecule has 3 amide bonds. The van der Waals surface area contributed by atoms with E-state index in [4.69, 9.17) is 4.74 Å². The molecule has 6 nitrogen and oxygen atoms in total. The normalized spacial score (nSPS) is 20.6. The maximum absolute atomic E-state index is 12.5. The van der Waals surface area contributed by atoms with Crippen molar-refractivity contribution in [2.24, 2.45) is 11.8 Å². The van der Waals surface area contributed by atoms with Crippen LogP contribution in [0.4, 0.5) is 4.79 Å². The van der Waals surface area contributed by atoms with E-state index in [9.17, 15) is 9.59 Å². The zero-order valence-corrected chi connectivity index (χ0v) is 16.1. The predicted molar refractivity (Wildman–Crippen MR) is 98.4 cm³/mol. The summed E-state index contributed by atoms with van der Waals surface area (Å²) in [6.07, 6.45) is 4.91. The molecule has 0 bridgehead atoms. The van der Waals surface area contributed by atoms with Gasteiger partial charge in [0.05, 0.1) is 13.2 Å². The smallest absolute Gasteiger partial charge is 0.317 e. The SMILES string of the molecule is CC(C)CCCC(C)NC(=O)N1CCC(C(=O)N2CCOCC2)CC1. The van der Waals surface area contributed by atoms with Crippen molar-refractivity contribution in [2.45, 2.75) is 58.9 Å². The molecule has 2 saturated heterocycles. The van der Waals surface area contributed by atoms with E-state index in [1.807, 2.05) is 9.80 Å². The number of urea groups is 1. The lowest BCUT2D eigenvalue weighted by Crippen LogP contribution is -2.50. The predicted octanol–water partition coefficient (Wildman–Crippen LogP) is 2.48. The number of carbonyl (C=O) groups excluding carboxylic acids is 2. The molecule has 0 spiro atoms. The summed E-state index contributed by atoms with van der Waals surface area (Å²) in [5, 5.41) is 3.11. The zero-order valence-electron chi connectivity index (χ0n) is 16.1. The van der Waals surface area contributed by atoms with Crippen molar-refractivity contribution in [3.8, 4) is 0 Å². The second-order valence-electron chi connectivity index (χ2n) is 7.87. The maximum Gasteiger partial charge on any atom is 0.317 e. The van der Waals surface area contributed by atoms with Crippen molar-refractivity contribution >= 4 is 11.9 Å². The van der Waals surface area contributed by atoms with Crippen LogP contribution in [-0.2, 0) is 9.53 Å². The number of amides is 3. The van der Waals surface area contributed by atoms with E-state index in [-0.39, 0.29) is 23.9 Å². The van der Waals surface area contributed by atoms with E-state index in [2.05, 4.69) is 26.1 Å². The molecule has 0 radical (unpaired) electrons. The van der Waals surface area contributed by atoms with E-state index in [0.29, 0.717) is 45.3 Å². The Hall–Kier alpha value is -1.30. The largest absolute Gasteiger partial charge is 0.378 e. The fourth-order valence-electron chi connectivity index (χ4n) is 3.58. The highest BCUT2D eigenvalue weighted by molar-refractivity contribution is 5.80. The highest BCUT2D eigenvalue weighted by Crippen LogP contribution is 2.20. The summed E-state index contributed by atoms with van der Waals surface area (Å²) in [5.41, 5.74) is 0. The van der Waals surface area contributed by atoms with Crippen molar-refractivity contribution in [1.82, 2.24) is 15.1 Å². The molecule has 2 heterocycles. The summed E-state index contributed by atoms with van der Waals surface area (Å²) >= 11 is 0. The first-order chi connectivity index (χ1) is 12.0. The van der Waals surface area contributed by atoms with Crippen LogP contribution in [0.3, 0.4) is 0 Å². The van der Waals surface area contributed by atoms with Crippen LogP contribution >= 0.6 is 0 Å². The molecule has 2 rings (SSSR count). The summed E-state index contributed by atoms with van der Waals surface area (Å²) in [7, 11) is 0. The van der Waals surface area contributed by atoms with Crippen molar-refractivity contribution in [3.05, 3.63) is 0 Å². The average Bonchev–Trinajstić information content (AvgIpc) is 2.61. The molecule has 1 unspecified atom stereocenters. The second kappa shape index (κ2) is 10.00. The molecular formula is C19H35N3O3. The van der Waals surface area contributed by atoms with Crippen molar-refractivity contribution < 1.29 is 14.3 Å². The maximum atomic E-state index is 12.5. The molecule has 6 heteroatoms. The quantitative estimate of drug-likeness (QED) is 0.798. The Morgan fingerprint density at radius 1 is 1.00 bits per heavy atom. The molecular weight excluding hydrogens is 318 g/mol. The van der Waals surface area contributed by atoms with Crippen LogP contribution in [0.15, 0.2) is 0 Å². The number of rotatable bonds is 6. The minimum Gasteiger partial charge on any atom is -0.378 e. The van der Waals surface area contributed by atoms with E-state index >= 15 is 0 Å².